The number of hydrogen-bond acceptors (Lipinski definition) is 3. The first-order valence-electron chi connectivity index (χ1n) is 8.50. The first-order valence-corrected chi connectivity index (χ1v) is 8.87. The Hall–Kier alpha value is -3.05. The highest BCUT2D eigenvalue weighted by atomic mass is 35.5. The van der Waals surface area contributed by atoms with Gasteiger partial charge < -0.3 is 15.1 Å². The highest BCUT2D eigenvalue weighted by Crippen LogP contribution is 2.23. The van der Waals surface area contributed by atoms with Crippen molar-refractivity contribution in [1.82, 2.24) is 10.6 Å². The number of hydrogen-bond donors (Lipinski definition) is 2. The van der Waals surface area contributed by atoms with E-state index >= 15 is 0 Å². The molecule has 2 amide bonds. The third kappa shape index (κ3) is 4.77. The van der Waals surface area contributed by atoms with E-state index in [4.69, 9.17) is 16.0 Å². The number of furan rings is 1. The summed E-state index contributed by atoms with van der Waals surface area (Å²) in [6.45, 7) is 1.63. The van der Waals surface area contributed by atoms with Gasteiger partial charge in [0.25, 0.3) is 5.91 Å². The monoisotopic (exact) mass is 382 g/mol. The molecule has 2 N–H and O–H groups in total. The Kier molecular flexibility index (Phi) is 5.94. The van der Waals surface area contributed by atoms with Crippen LogP contribution in [0.15, 0.2) is 77.4 Å². The lowest BCUT2D eigenvalue weighted by atomic mass is 9.98. The van der Waals surface area contributed by atoms with Gasteiger partial charge in [0.05, 0.1) is 12.3 Å². The van der Waals surface area contributed by atoms with Crippen molar-refractivity contribution in [3.63, 3.8) is 0 Å². The summed E-state index contributed by atoms with van der Waals surface area (Å²) in [5, 5.41) is 6.25. The summed E-state index contributed by atoms with van der Waals surface area (Å²) in [4.78, 5) is 24.8. The molecule has 0 aliphatic rings. The summed E-state index contributed by atoms with van der Waals surface area (Å²) in [6, 6.07) is 19.0. The lowest BCUT2D eigenvalue weighted by Crippen LogP contribution is -2.46. The molecule has 3 rings (SSSR count). The highest BCUT2D eigenvalue weighted by Gasteiger charge is 2.22. The number of nitrogens with one attached hydrogen (secondary N) is 2. The van der Waals surface area contributed by atoms with E-state index in [1.165, 1.54) is 6.26 Å². The lowest BCUT2D eigenvalue weighted by Gasteiger charge is -2.22. The third-order valence-corrected chi connectivity index (χ3v) is 4.36. The fourth-order valence-corrected chi connectivity index (χ4v) is 2.79. The number of carbonyl (C=O) groups is 2. The van der Waals surface area contributed by atoms with E-state index in [1.54, 1.807) is 31.2 Å². The molecular formula is C21H19ClN2O3. The molecule has 1 heterocycles. The normalized spacial score (nSPS) is 12.8. The maximum atomic E-state index is 12.7. The molecule has 0 saturated carbocycles. The van der Waals surface area contributed by atoms with Crippen LogP contribution < -0.4 is 10.6 Å². The minimum atomic E-state index is -0.735. The molecule has 2 atom stereocenters. The molecule has 5 nitrogen and oxygen atoms in total. The standard InChI is InChI=1S/C21H19ClN2O3/c1-14(23-21(26)18-8-5-13-27-18)20(25)24-19(15-6-3-2-4-7-15)16-9-11-17(22)12-10-16/h2-14,19H,1H3,(H,23,26)(H,24,25)/t14-,19+/m0/s1. The molecule has 0 saturated heterocycles. The van der Waals surface area contributed by atoms with Crippen LogP contribution in [-0.4, -0.2) is 17.9 Å². The zero-order valence-corrected chi connectivity index (χ0v) is 15.4. The molecule has 2 aromatic carbocycles. The first kappa shape index (κ1) is 18.7. The second-order valence-electron chi connectivity index (χ2n) is 6.08. The Bertz CT molecular complexity index is 893. The van der Waals surface area contributed by atoms with E-state index < -0.39 is 11.9 Å². The van der Waals surface area contributed by atoms with Gasteiger partial charge in [0.2, 0.25) is 5.91 Å². The number of amides is 2. The molecule has 0 aliphatic carbocycles. The number of rotatable bonds is 6. The smallest absolute Gasteiger partial charge is 0.287 e. The zero-order valence-electron chi connectivity index (χ0n) is 14.7. The molecule has 0 bridgehead atoms. The Balaban J connectivity index is 1.76. The minimum Gasteiger partial charge on any atom is -0.459 e. The number of benzene rings is 2. The topological polar surface area (TPSA) is 71.3 Å². The van der Waals surface area contributed by atoms with Gasteiger partial charge in [0.1, 0.15) is 6.04 Å². The van der Waals surface area contributed by atoms with Crippen LogP contribution in [0.1, 0.15) is 34.6 Å². The van der Waals surface area contributed by atoms with Gasteiger partial charge in [-0.05, 0) is 42.3 Å². The molecule has 6 heteroatoms. The molecule has 27 heavy (non-hydrogen) atoms. The summed E-state index contributed by atoms with van der Waals surface area (Å²) in [6.07, 6.45) is 1.41. The fourth-order valence-electron chi connectivity index (χ4n) is 2.67. The molecule has 0 spiro atoms. The quantitative estimate of drug-likeness (QED) is 0.678. The van der Waals surface area contributed by atoms with Gasteiger partial charge >= 0.3 is 0 Å². The van der Waals surface area contributed by atoms with E-state index in [9.17, 15) is 9.59 Å². The van der Waals surface area contributed by atoms with Gasteiger partial charge in [-0.2, -0.15) is 0 Å². The van der Waals surface area contributed by atoms with Gasteiger partial charge in [0.15, 0.2) is 5.76 Å². The number of halogens is 1. The van der Waals surface area contributed by atoms with E-state index in [0.717, 1.165) is 11.1 Å². The van der Waals surface area contributed by atoms with Crippen LogP contribution >= 0.6 is 11.6 Å². The lowest BCUT2D eigenvalue weighted by molar-refractivity contribution is -0.123. The van der Waals surface area contributed by atoms with Crippen molar-refractivity contribution in [2.45, 2.75) is 19.0 Å². The van der Waals surface area contributed by atoms with Gasteiger partial charge in [0, 0.05) is 5.02 Å². The van der Waals surface area contributed by atoms with Crippen molar-refractivity contribution < 1.29 is 14.0 Å². The SMILES string of the molecule is C[C@H](NC(=O)c1ccco1)C(=O)N[C@H](c1ccccc1)c1ccc(Cl)cc1. The van der Waals surface area contributed by atoms with E-state index in [-0.39, 0.29) is 17.7 Å². The summed E-state index contributed by atoms with van der Waals surface area (Å²) in [5.74, 6) is -0.587. The molecule has 3 aromatic rings. The van der Waals surface area contributed by atoms with Crippen LogP contribution in [0.2, 0.25) is 5.02 Å². The Morgan fingerprint density at radius 1 is 0.889 bits per heavy atom. The van der Waals surface area contributed by atoms with Crippen LogP contribution in [0.25, 0.3) is 0 Å². The molecule has 138 valence electrons. The van der Waals surface area contributed by atoms with E-state index in [2.05, 4.69) is 10.6 Å². The average molecular weight is 383 g/mol. The van der Waals surface area contributed by atoms with Crippen molar-refractivity contribution in [3.8, 4) is 0 Å². The van der Waals surface area contributed by atoms with Crippen molar-refractivity contribution in [3.05, 3.63) is 94.9 Å². The van der Waals surface area contributed by atoms with Crippen LogP contribution in [0.3, 0.4) is 0 Å². The Morgan fingerprint density at radius 3 is 2.19 bits per heavy atom. The largest absolute Gasteiger partial charge is 0.459 e. The first-order chi connectivity index (χ1) is 13.0. The Labute approximate surface area is 162 Å². The summed E-state index contributed by atoms with van der Waals surface area (Å²) >= 11 is 5.98. The van der Waals surface area contributed by atoms with Crippen LogP contribution in [0.5, 0.6) is 0 Å². The minimum absolute atomic E-state index is 0.159. The van der Waals surface area contributed by atoms with Gasteiger partial charge in [-0.1, -0.05) is 54.1 Å². The summed E-state index contributed by atoms with van der Waals surface area (Å²) in [5.41, 5.74) is 1.82. The van der Waals surface area contributed by atoms with Gasteiger partial charge in [-0.15, -0.1) is 0 Å². The van der Waals surface area contributed by atoms with Gasteiger partial charge in [-0.3, -0.25) is 9.59 Å². The maximum absolute atomic E-state index is 12.7. The van der Waals surface area contributed by atoms with Crippen molar-refractivity contribution >= 4 is 23.4 Å². The molecular weight excluding hydrogens is 364 g/mol. The molecule has 0 unspecified atom stereocenters. The molecule has 1 aromatic heterocycles. The predicted molar refractivity (Wildman–Crippen MR) is 104 cm³/mol. The second kappa shape index (κ2) is 8.56. The second-order valence-corrected chi connectivity index (χ2v) is 6.51. The fraction of sp³-hybridized carbons (Fsp3) is 0.143. The summed E-state index contributed by atoms with van der Waals surface area (Å²) in [7, 11) is 0. The van der Waals surface area contributed by atoms with Crippen LogP contribution in [0, 0.1) is 0 Å². The number of carbonyl (C=O) groups excluding carboxylic acids is 2. The van der Waals surface area contributed by atoms with Crippen LogP contribution in [0.4, 0.5) is 0 Å². The molecule has 0 radical (unpaired) electrons. The third-order valence-electron chi connectivity index (χ3n) is 4.11. The van der Waals surface area contributed by atoms with Gasteiger partial charge in [-0.25, -0.2) is 0 Å². The summed E-state index contributed by atoms with van der Waals surface area (Å²) < 4.78 is 5.05. The van der Waals surface area contributed by atoms with Crippen molar-refractivity contribution in [2.75, 3.05) is 0 Å². The zero-order chi connectivity index (χ0) is 19.2. The highest BCUT2D eigenvalue weighted by molar-refractivity contribution is 6.30. The van der Waals surface area contributed by atoms with Crippen molar-refractivity contribution in [1.29, 1.82) is 0 Å². The predicted octanol–water partition coefficient (Wildman–Crippen LogP) is 3.96. The Morgan fingerprint density at radius 2 is 1.56 bits per heavy atom. The van der Waals surface area contributed by atoms with Crippen LogP contribution in [-0.2, 0) is 4.79 Å². The molecule has 0 fully saturated rings. The molecule has 0 aliphatic heterocycles. The average Bonchev–Trinajstić information content (AvgIpc) is 3.22. The maximum Gasteiger partial charge on any atom is 0.287 e. The van der Waals surface area contributed by atoms with Crippen molar-refractivity contribution in [2.24, 2.45) is 0 Å². The van der Waals surface area contributed by atoms with E-state index in [1.807, 2.05) is 42.5 Å². The van der Waals surface area contributed by atoms with E-state index in [0.29, 0.717) is 5.02 Å².